The zero-order valence-electron chi connectivity index (χ0n) is 22.7. The summed E-state index contributed by atoms with van der Waals surface area (Å²) < 4.78 is 1.93. The van der Waals surface area contributed by atoms with E-state index in [1.165, 1.54) is 0 Å². The van der Waals surface area contributed by atoms with Gasteiger partial charge in [0.05, 0.1) is 11.4 Å². The summed E-state index contributed by atoms with van der Waals surface area (Å²) in [6.07, 6.45) is 5.80. The number of benzene rings is 2. The molecule has 1 saturated carbocycles. The van der Waals surface area contributed by atoms with E-state index < -0.39 is 11.9 Å². The number of amides is 2. The summed E-state index contributed by atoms with van der Waals surface area (Å²) in [6.45, 7) is 4.34. The van der Waals surface area contributed by atoms with Crippen molar-refractivity contribution in [2.24, 2.45) is 17.1 Å². The van der Waals surface area contributed by atoms with Crippen LogP contribution in [-0.4, -0.2) is 38.9 Å². The molecule has 4 aromatic rings. The Morgan fingerprint density at radius 1 is 1.10 bits per heavy atom. The van der Waals surface area contributed by atoms with Crippen LogP contribution in [0.15, 0.2) is 85.2 Å². The van der Waals surface area contributed by atoms with Gasteiger partial charge in [-0.15, -0.1) is 0 Å². The molecule has 0 spiro atoms. The van der Waals surface area contributed by atoms with E-state index in [1.807, 2.05) is 59.3 Å². The smallest absolute Gasteiger partial charge is 0.240 e. The van der Waals surface area contributed by atoms with Gasteiger partial charge in [-0.05, 0) is 65.8 Å². The molecule has 2 heterocycles. The van der Waals surface area contributed by atoms with Crippen molar-refractivity contribution in [3.05, 3.63) is 102 Å². The molecule has 2 aromatic carbocycles. The third kappa shape index (κ3) is 5.57. The Labute approximate surface area is 233 Å². The minimum atomic E-state index is -0.758. The normalized spacial score (nSPS) is 18.4. The van der Waals surface area contributed by atoms with Crippen LogP contribution in [0.1, 0.15) is 54.2 Å². The largest absolute Gasteiger partial charge is 0.368 e. The van der Waals surface area contributed by atoms with Crippen molar-refractivity contribution < 1.29 is 14.4 Å². The Bertz CT molecular complexity index is 1500. The van der Waals surface area contributed by atoms with Gasteiger partial charge in [0.15, 0.2) is 0 Å². The van der Waals surface area contributed by atoms with Crippen molar-refractivity contribution >= 4 is 18.1 Å². The highest BCUT2D eigenvalue weighted by Gasteiger charge is 2.50. The SMILES string of the molecule is CC1(C)[C@@H](CC(=O)N[C@@H](Cc2ccccc2)C(N)=O)C[C@@H]1c1cc(-c2cccnc2)nn1-c1ccc(C=O)cc1. The van der Waals surface area contributed by atoms with Crippen LogP contribution in [0.5, 0.6) is 0 Å². The zero-order valence-corrected chi connectivity index (χ0v) is 22.7. The van der Waals surface area contributed by atoms with Crippen LogP contribution in [-0.2, 0) is 16.0 Å². The Kier molecular flexibility index (Phi) is 7.60. The lowest BCUT2D eigenvalue weighted by molar-refractivity contribution is -0.130. The van der Waals surface area contributed by atoms with E-state index >= 15 is 0 Å². The standard InChI is InChI=1S/C32H33N5O3/c1-32(2)24(17-30(39)35-28(31(33)40)15-21-7-4-3-5-8-21)16-26(32)29-18-27(23-9-6-14-34-19-23)36-37(29)25-12-10-22(20-38)11-13-25/h3-14,18-20,24,26,28H,15-17H2,1-2H3,(H2,33,40)(H,35,39)/t24-,26-,28+/m1/s1. The van der Waals surface area contributed by atoms with E-state index in [0.717, 1.165) is 40.9 Å². The molecule has 8 heteroatoms. The second-order valence-electron chi connectivity index (χ2n) is 11.0. The number of carbonyl (C=O) groups excluding carboxylic acids is 3. The summed E-state index contributed by atoms with van der Waals surface area (Å²) in [5.41, 5.74) is 10.6. The molecule has 2 amide bonds. The van der Waals surface area contributed by atoms with Crippen molar-refractivity contribution in [1.29, 1.82) is 0 Å². The van der Waals surface area contributed by atoms with E-state index in [0.29, 0.717) is 18.4 Å². The lowest BCUT2D eigenvalue weighted by atomic mass is 9.52. The lowest BCUT2D eigenvalue weighted by Crippen LogP contribution is -2.49. The van der Waals surface area contributed by atoms with Crippen molar-refractivity contribution in [1.82, 2.24) is 20.1 Å². The van der Waals surface area contributed by atoms with Crippen LogP contribution in [0.25, 0.3) is 16.9 Å². The van der Waals surface area contributed by atoms with Crippen molar-refractivity contribution in [3.63, 3.8) is 0 Å². The second kappa shape index (κ2) is 11.3. The number of rotatable bonds is 10. The summed E-state index contributed by atoms with van der Waals surface area (Å²) in [5, 5.41) is 7.78. The summed E-state index contributed by atoms with van der Waals surface area (Å²) in [6, 6.07) is 22.1. The molecular weight excluding hydrogens is 502 g/mol. The maximum atomic E-state index is 13.0. The lowest BCUT2D eigenvalue weighted by Gasteiger charge is -2.52. The number of pyridine rings is 1. The van der Waals surface area contributed by atoms with Crippen LogP contribution in [0.2, 0.25) is 0 Å². The Morgan fingerprint density at radius 2 is 1.85 bits per heavy atom. The molecule has 0 radical (unpaired) electrons. The summed E-state index contributed by atoms with van der Waals surface area (Å²) in [7, 11) is 0. The van der Waals surface area contributed by atoms with Gasteiger partial charge >= 0.3 is 0 Å². The molecule has 5 rings (SSSR count). The molecule has 8 nitrogen and oxygen atoms in total. The van der Waals surface area contributed by atoms with Gasteiger partial charge in [0.2, 0.25) is 11.8 Å². The first-order valence-corrected chi connectivity index (χ1v) is 13.4. The highest BCUT2D eigenvalue weighted by atomic mass is 16.2. The number of primary amides is 1. The molecule has 1 aliphatic carbocycles. The van der Waals surface area contributed by atoms with E-state index in [-0.39, 0.29) is 23.2 Å². The van der Waals surface area contributed by atoms with Gasteiger partial charge in [-0.1, -0.05) is 44.2 Å². The average molecular weight is 536 g/mol. The highest BCUT2D eigenvalue weighted by Crippen LogP contribution is 2.58. The van der Waals surface area contributed by atoms with Gasteiger partial charge in [0.1, 0.15) is 12.3 Å². The first-order chi connectivity index (χ1) is 19.3. The molecule has 0 bridgehead atoms. The van der Waals surface area contributed by atoms with Crippen LogP contribution < -0.4 is 11.1 Å². The molecule has 3 atom stereocenters. The zero-order chi connectivity index (χ0) is 28.3. The van der Waals surface area contributed by atoms with Gasteiger partial charge in [-0.2, -0.15) is 5.10 Å². The molecule has 0 aliphatic heterocycles. The summed E-state index contributed by atoms with van der Waals surface area (Å²) >= 11 is 0. The number of aromatic nitrogens is 3. The minimum absolute atomic E-state index is 0.116. The van der Waals surface area contributed by atoms with Gasteiger partial charge in [-0.3, -0.25) is 19.4 Å². The molecule has 0 saturated heterocycles. The fourth-order valence-corrected chi connectivity index (χ4v) is 5.61. The van der Waals surface area contributed by atoms with Crippen molar-refractivity contribution in [3.8, 4) is 16.9 Å². The number of carbonyl (C=O) groups is 3. The van der Waals surface area contributed by atoms with Crippen molar-refractivity contribution in [2.45, 2.75) is 45.1 Å². The highest BCUT2D eigenvalue weighted by molar-refractivity contribution is 5.87. The van der Waals surface area contributed by atoms with E-state index in [2.05, 4.69) is 30.2 Å². The fraction of sp³-hybridized carbons (Fsp3) is 0.281. The Balaban J connectivity index is 1.34. The average Bonchev–Trinajstić information content (AvgIpc) is 3.40. The maximum Gasteiger partial charge on any atom is 0.240 e. The molecule has 2 aromatic heterocycles. The van der Waals surface area contributed by atoms with E-state index in [1.54, 1.807) is 24.5 Å². The molecule has 40 heavy (non-hydrogen) atoms. The van der Waals surface area contributed by atoms with Crippen LogP contribution in [0.3, 0.4) is 0 Å². The summed E-state index contributed by atoms with van der Waals surface area (Å²) in [5.74, 6) is -0.462. The van der Waals surface area contributed by atoms with E-state index in [4.69, 9.17) is 10.8 Å². The predicted octanol–water partition coefficient (Wildman–Crippen LogP) is 4.48. The predicted molar refractivity (Wildman–Crippen MR) is 153 cm³/mol. The van der Waals surface area contributed by atoms with Crippen LogP contribution >= 0.6 is 0 Å². The quantitative estimate of drug-likeness (QED) is 0.290. The topological polar surface area (TPSA) is 120 Å². The van der Waals surface area contributed by atoms with Gasteiger partial charge < -0.3 is 11.1 Å². The molecule has 1 aliphatic rings. The molecule has 1 fully saturated rings. The van der Waals surface area contributed by atoms with Gasteiger partial charge in [0, 0.05) is 48.0 Å². The monoisotopic (exact) mass is 535 g/mol. The van der Waals surface area contributed by atoms with Crippen molar-refractivity contribution in [2.75, 3.05) is 0 Å². The minimum Gasteiger partial charge on any atom is -0.368 e. The maximum absolute atomic E-state index is 13.0. The summed E-state index contributed by atoms with van der Waals surface area (Å²) in [4.78, 5) is 40.6. The molecule has 0 unspecified atom stereocenters. The molecule has 204 valence electrons. The molecular formula is C32H33N5O3. The third-order valence-corrected chi connectivity index (χ3v) is 8.19. The second-order valence-corrected chi connectivity index (χ2v) is 11.0. The number of nitrogens with two attached hydrogens (primary N) is 1. The number of aldehydes is 1. The Morgan fingerprint density at radius 3 is 2.48 bits per heavy atom. The number of hydrogen-bond donors (Lipinski definition) is 2. The van der Waals surface area contributed by atoms with Crippen LogP contribution in [0, 0.1) is 11.3 Å². The van der Waals surface area contributed by atoms with E-state index in [9.17, 15) is 14.4 Å². The third-order valence-electron chi connectivity index (χ3n) is 8.19. The number of nitrogens with one attached hydrogen (secondary N) is 1. The number of hydrogen-bond acceptors (Lipinski definition) is 5. The van der Waals surface area contributed by atoms with Crippen LogP contribution in [0.4, 0.5) is 0 Å². The first kappa shape index (κ1) is 27.0. The van der Waals surface area contributed by atoms with Gasteiger partial charge in [0.25, 0.3) is 0 Å². The first-order valence-electron chi connectivity index (χ1n) is 13.4. The fourth-order valence-electron chi connectivity index (χ4n) is 5.61. The Hall–Kier alpha value is -4.59. The number of nitrogens with zero attached hydrogens (tertiary/aromatic N) is 3. The van der Waals surface area contributed by atoms with Gasteiger partial charge in [-0.25, -0.2) is 4.68 Å². The molecule has 3 N–H and O–H groups in total.